The van der Waals surface area contributed by atoms with E-state index in [1.807, 2.05) is 18.2 Å². The van der Waals surface area contributed by atoms with Gasteiger partial charge < -0.3 is 16.2 Å². The molecule has 0 fully saturated rings. The zero-order valence-electron chi connectivity index (χ0n) is 14.2. The van der Waals surface area contributed by atoms with Crippen LogP contribution in [0, 0.1) is 10.8 Å². The standard InChI is InChI=1S/C19H18N6O/c1-26-16-10-13(18(22)23)6-7-14(16)15-8-9-24-19(25-15)12-4-2-11(3-5-12)17(20)21/h2-10H,1H3,(H3,20,21)(H3,22,23). The van der Waals surface area contributed by atoms with Crippen molar-refractivity contribution in [1.29, 1.82) is 10.8 Å². The molecule has 7 heteroatoms. The maximum Gasteiger partial charge on any atom is 0.159 e. The van der Waals surface area contributed by atoms with Crippen LogP contribution in [0.1, 0.15) is 11.1 Å². The first-order valence-electron chi connectivity index (χ1n) is 7.80. The average molecular weight is 346 g/mol. The summed E-state index contributed by atoms with van der Waals surface area (Å²) in [5.41, 5.74) is 14.5. The summed E-state index contributed by atoms with van der Waals surface area (Å²) in [5, 5.41) is 15.0. The summed E-state index contributed by atoms with van der Waals surface area (Å²) in [5.74, 6) is 1.12. The first-order chi connectivity index (χ1) is 12.5. The van der Waals surface area contributed by atoms with E-state index in [0.717, 1.165) is 11.1 Å². The molecule has 0 aliphatic heterocycles. The third-order valence-corrected chi connectivity index (χ3v) is 3.90. The Labute approximate surface area is 150 Å². The Hall–Kier alpha value is -3.74. The van der Waals surface area contributed by atoms with Crippen molar-refractivity contribution in [2.75, 3.05) is 7.11 Å². The van der Waals surface area contributed by atoms with Crippen molar-refractivity contribution in [3.63, 3.8) is 0 Å². The molecule has 0 amide bonds. The van der Waals surface area contributed by atoms with Gasteiger partial charge in [0.05, 0.1) is 12.8 Å². The number of nitrogen functional groups attached to an aromatic ring is 2. The van der Waals surface area contributed by atoms with E-state index in [9.17, 15) is 0 Å². The number of nitrogens with one attached hydrogen (secondary N) is 2. The number of benzene rings is 2. The van der Waals surface area contributed by atoms with Crippen LogP contribution in [-0.4, -0.2) is 28.7 Å². The molecule has 130 valence electrons. The van der Waals surface area contributed by atoms with Crippen LogP contribution in [0.15, 0.2) is 54.7 Å². The number of methoxy groups -OCH3 is 1. The van der Waals surface area contributed by atoms with Gasteiger partial charge in [0.25, 0.3) is 0 Å². The lowest BCUT2D eigenvalue weighted by Gasteiger charge is -2.11. The zero-order valence-corrected chi connectivity index (χ0v) is 14.2. The quantitative estimate of drug-likeness (QED) is 0.415. The molecular weight excluding hydrogens is 328 g/mol. The Morgan fingerprint density at radius 1 is 0.923 bits per heavy atom. The van der Waals surface area contributed by atoms with E-state index in [2.05, 4.69) is 9.97 Å². The number of nitrogens with two attached hydrogens (primary N) is 2. The first-order valence-corrected chi connectivity index (χ1v) is 7.80. The number of hydrogen-bond acceptors (Lipinski definition) is 5. The molecule has 1 heterocycles. The molecule has 3 aromatic rings. The topological polar surface area (TPSA) is 135 Å². The second-order valence-corrected chi connectivity index (χ2v) is 5.59. The van der Waals surface area contributed by atoms with Crippen molar-refractivity contribution in [1.82, 2.24) is 9.97 Å². The molecule has 0 atom stereocenters. The maximum atomic E-state index is 7.55. The third kappa shape index (κ3) is 3.36. The molecule has 0 aliphatic carbocycles. The summed E-state index contributed by atoms with van der Waals surface area (Å²) in [4.78, 5) is 8.93. The van der Waals surface area contributed by atoms with Crippen molar-refractivity contribution < 1.29 is 4.74 Å². The van der Waals surface area contributed by atoms with Gasteiger partial charge in [-0.1, -0.05) is 30.3 Å². The van der Waals surface area contributed by atoms with E-state index in [1.54, 1.807) is 43.6 Å². The maximum absolute atomic E-state index is 7.55. The summed E-state index contributed by atoms with van der Waals surface area (Å²) >= 11 is 0. The van der Waals surface area contributed by atoms with Gasteiger partial charge in [-0.2, -0.15) is 0 Å². The molecule has 0 saturated carbocycles. The summed E-state index contributed by atoms with van der Waals surface area (Å²) < 4.78 is 5.43. The molecular formula is C19H18N6O. The van der Waals surface area contributed by atoms with Gasteiger partial charge in [-0.25, -0.2) is 9.97 Å². The molecule has 0 bridgehead atoms. The van der Waals surface area contributed by atoms with Crippen molar-refractivity contribution in [3.8, 4) is 28.4 Å². The Morgan fingerprint density at radius 3 is 2.19 bits per heavy atom. The monoisotopic (exact) mass is 346 g/mol. The highest BCUT2D eigenvalue weighted by atomic mass is 16.5. The van der Waals surface area contributed by atoms with Gasteiger partial charge in [-0.15, -0.1) is 0 Å². The van der Waals surface area contributed by atoms with E-state index in [0.29, 0.717) is 28.4 Å². The predicted octanol–water partition coefficient (Wildman–Crippen LogP) is 2.39. The molecule has 7 nitrogen and oxygen atoms in total. The fourth-order valence-corrected chi connectivity index (χ4v) is 2.52. The fourth-order valence-electron chi connectivity index (χ4n) is 2.52. The van der Waals surface area contributed by atoms with Crippen LogP contribution >= 0.6 is 0 Å². The van der Waals surface area contributed by atoms with E-state index in [4.69, 9.17) is 27.0 Å². The number of hydrogen-bond donors (Lipinski definition) is 4. The van der Waals surface area contributed by atoms with Crippen molar-refractivity contribution in [3.05, 3.63) is 65.9 Å². The van der Waals surface area contributed by atoms with Crippen LogP contribution in [0.25, 0.3) is 22.6 Å². The van der Waals surface area contributed by atoms with E-state index < -0.39 is 0 Å². The van der Waals surface area contributed by atoms with Gasteiger partial charge in [0.2, 0.25) is 0 Å². The number of amidine groups is 2. The minimum absolute atomic E-state index is 0.0153. The van der Waals surface area contributed by atoms with Crippen LogP contribution in [-0.2, 0) is 0 Å². The Morgan fingerprint density at radius 2 is 1.58 bits per heavy atom. The van der Waals surface area contributed by atoms with E-state index in [1.165, 1.54) is 0 Å². The molecule has 0 aliphatic rings. The second-order valence-electron chi connectivity index (χ2n) is 5.59. The van der Waals surface area contributed by atoms with E-state index >= 15 is 0 Å². The van der Waals surface area contributed by atoms with E-state index in [-0.39, 0.29) is 11.7 Å². The van der Waals surface area contributed by atoms with Gasteiger partial charge in [0, 0.05) is 28.5 Å². The molecule has 2 aromatic carbocycles. The lowest BCUT2D eigenvalue weighted by molar-refractivity contribution is 0.416. The molecule has 0 unspecified atom stereocenters. The smallest absolute Gasteiger partial charge is 0.159 e. The Kier molecular flexibility index (Phi) is 4.62. The third-order valence-electron chi connectivity index (χ3n) is 3.90. The van der Waals surface area contributed by atoms with Crippen LogP contribution < -0.4 is 16.2 Å². The SMILES string of the molecule is COc1cc(C(=N)N)ccc1-c1ccnc(-c2ccc(C(=N)N)cc2)n1. The summed E-state index contributed by atoms with van der Waals surface area (Å²) in [6.45, 7) is 0. The highest BCUT2D eigenvalue weighted by molar-refractivity contribution is 5.96. The highest BCUT2D eigenvalue weighted by Crippen LogP contribution is 2.30. The van der Waals surface area contributed by atoms with Crippen LogP contribution in [0.5, 0.6) is 5.75 Å². The fraction of sp³-hybridized carbons (Fsp3) is 0.0526. The largest absolute Gasteiger partial charge is 0.496 e. The Bertz CT molecular complexity index is 982. The summed E-state index contributed by atoms with van der Waals surface area (Å²) in [7, 11) is 1.56. The molecule has 0 spiro atoms. The lowest BCUT2D eigenvalue weighted by Crippen LogP contribution is -2.11. The van der Waals surface area contributed by atoms with Gasteiger partial charge in [-0.3, -0.25) is 10.8 Å². The molecule has 26 heavy (non-hydrogen) atoms. The second kappa shape index (κ2) is 7.02. The molecule has 3 rings (SSSR count). The summed E-state index contributed by atoms with van der Waals surface area (Å²) in [6.07, 6.45) is 1.68. The van der Waals surface area contributed by atoms with Crippen molar-refractivity contribution in [2.45, 2.75) is 0 Å². The van der Waals surface area contributed by atoms with Crippen LogP contribution in [0.4, 0.5) is 0 Å². The molecule has 0 radical (unpaired) electrons. The number of nitrogens with zero attached hydrogens (tertiary/aromatic N) is 2. The predicted molar refractivity (Wildman–Crippen MR) is 101 cm³/mol. The van der Waals surface area contributed by atoms with Gasteiger partial charge in [0.15, 0.2) is 5.82 Å². The van der Waals surface area contributed by atoms with Crippen LogP contribution in [0.3, 0.4) is 0 Å². The van der Waals surface area contributed by atoms with Crippen LogP contribution in [0.2, 0.25) is 0 Å². The summed E-state index contributed by atoms with van der Waals surface area (Å²) in [6, 6.07) is 14.2. The lowest BCUT2D eigenvalue weighted by atomic mass is 10.1. The van der Waals surface area contributed by atoms with Crippen molar-refractivity contribution in [2.24, 2.45) is 11.5 Å². The molecule has 6 N–H and O–H groups in total. The van der Waals surface area contributed by atoms with Crippen molar-refractivity contribution >= 4 is 11.7 Å². The minimum atomic E-state index is -0.0243. The van der Waals surface area contributed by atoms with Gasteiger partial charge in [0.1, 0.15) is 17.4 Å². The number of ether oxygens (including phenoxy) is 1. The molecule has 1 aromatic heterocycles. The zero-order chi connectivity index (χ0) is 18.7. The number of rotatable bonds is 5. The van der Waals surface area contributed by atoms with Gasteiger partial charge in [-0.05, 0) is 18.2 Å². The molecule has 0 saturated heterocycles. The number of aromatic nitrogens is 2. The van der Waals surface area contributed by atoms with Gasteiger partial charge >= 0.3 is 0 Å². The normalized spacial score (nSPS) is 10.3. The first kappa shape index (κ1) is 17.1. The average Bonchev–Trinajstić information content (AvgIpc) is 2.67. The minimum Gasteiger partial charge on any atom is -0.496 e. The Balaban J connectivity index is 2.02. The highest BCUT2D eigenvalue weighted by Gasteiger charge is 2.11.